The lowest BCUT2D eigenvalue weighted by molar-refractivity contribution is -0.884. The quantitative estimate of drug-likeness (QED) is 0.754. The van der Waals surface area contributed by atoms with Gasteiger partial charge in [-0.2, -0.15) is 0 Å². The van der Waals surface area contributed by atoms with E-state index in [1.807, 2.05) is 31.2 Å². The first-order valence-corrected chi connectivity index (χ1v) is 8.83. The maximum atomic E-state index is 12.1. The van der Waals surface area contributed by atoms with E-state index in [1.165, 1.54) is 10.5 Å². The summed E-state index contributed by atoms with van der Waals surface area (Å²) in [6.07, 6.45) is 0.917. The number of quaternary nitrogens is 1. The van der Waals surface area contributed by atoms with Gasteiger partial charge >= 0.3 is 0 Å². The predicted octanol–water partition coefficient (Wildman–Crippen LogP) is 1.90. The number of benzene rings is 2. The van der Waals surface area contributed by atoms with Crippen LogP contribution >= 0.6 is 11.6 Å². The van der Waals surface area contributed by atoms with Crippen LogP contribution in [0.15, 0.2) is 48.5 Å². The molecule has 134 valence electrons. The molecule has 1 atom stereocenters. The minimum Gasteiger partial charge on any atom is -0.484 e. The maximum Gasteiger partial charge on any atom is 0.258 e. The summed E-state index contributed by atoms with van der Waals surface area (Å²) < 4.78 is 5.59. The van der Waals surface area contributed by atoms with Crippen LogP contribution in [0.25, 0.3) is 0 Å². The molecule has 2 rings (SSSR count). The molecule has 0 aliphatic heterocycles. The fourth-order valence-electron chi connectivity index (χ4n) is 2.59. The van der Waals surface area contributed by atoms with Crippen LogP contribution in [0.2, 0.25) is 5.02 Å². The number of hydrogen-bond donors (Lipinski definition) is 2. The summed E-state index contributed by atoms with van der Waals surface area (Å²) >= 11 is 5.92. The molecule has 4 nitrogen and oxygen atoms in total. The van der Waals surface area contributed by atoms with E-state index in [-0.39, 0.29) is 12.5 Å². The third-order valence-electron chi connectivity index (χ3n) is 4.18. The number of halogens is 1. The summed E-state index contributed by atoms with van der Waals surface area (Å²) in [6.45, 7) is 2.52. The molecule has 0 aliphatic rings. The summed E-state index contributed by atoms with van der Waals surface area (Å²) in [5.74, 6) is 0.562. The molecule has 25 heavy (non-hydrogen) atoms. The zero-order valence-corrected chi connectivity index (χ0v) is 15.8. The second-order valence-electron chi connectivity index (χ2n) is 6.47. The Morgan fingerprint density at radius 3 is 2.56 bits per heavy atom. The SMILES string of the molecule is Cc1cc(Cl)ccc1OCC(=O)NC[C@@H](Cc1ccccc1)[NH+](C)C. The smallest absolute Gasteiger partial charge is 0.258 e. The molecule has 0 radical (unpaired) electrons. The molecule has 2 aromatic carbocycles. The molecule has 2 N–H and O–H groups in total. The topological polar surface area (TPSA) is 42.8 Å². The highest BCUT2D eigenvalue weighted by Crippen LogP contribution is 2.21. The molecule has 0 bridgehead atoms. The first kappa shape index (κ1) is 19.3. The van der Waals surface area contributed by atoms with Gasteiger partial charge in [-0.1, -0.05) is 41.9 Å². The Bertz CT molecular complexity index is 689. The highest BCUT2D eigenvalue weighted by Gasteiger charge is 2.17. The Kier molecular flexibility index (Phi) is 7.29. The van der Waals surface area contributed by atoms with Crippen molar-refractivity contribution in [3.63, 3.8) is 0 Å². The lowest BCUT2D eigenvalue weighted by Gasteiger charge is -2.22. The monoisotopic (exact) mass is 361 g/mol. The van der Waals surface area contributed by atoms with E-state index in [0.29, 0.717) is 23.4 Å². The molecule has 5 heteroatoms. The van der Waals surface area contributed by atoms with E-state index in [9.17, 15) is 4.79 Å². The number of likely N-dealkylation sites (N-methyl/N-ethyl adjacent to an activating group) is 1. The Morgan fingerprint density at radius 2 is 1.92 bits per heavy atom. The van der Waals surface area contributed by atoms with E-state index < -0.39 is 0 Å². The summed E-state index contributed by atoms with van der Waals surface area (Å²) in [5.41, 5.74) is 2.19. The van der Waals surface area contributed by atoms with Crippen LogP contribution in [-0.4, -0.2) is 39.2 Å². The normalized spacial score (nSPS) is 12.0. The van der Waals surface area contributed by atoms with Crippen molar-refractivity contribution in [2.75, 3.05) is 27.2 Å². The predicted molar refractivity (Wildman–Crippen MR) is 101 cm³/mol. The van der Waals surface area contributed by atoms with Crippen LogP contribution in [0.1, 0.15) is 11.1 Å². The highest BCUT2D eigenvalue weighted by atomic mass is 35.5. The molecule has 1 amide bonds. The average molecular weight is 362 g/mol. The molecule has 0 heterocycles. The van der Waals surface area contributed by atoms with Gasteiger partial charge in [-0.3, -0.25) is 4.79 Å². The lowest BCUT2D eigenvalue weighted by Crippen LogP contribution is -3.11. The molecular weight excluding hydrogens is 336 g/mol. The van der Waals surface area contributed by atoms with E-state index in [1.54, 1.807) is 12.1 Å². The van der Waals surface area contributed by atoms with Crippen molar-refractivity contribution in [3.8, 4) is 5.75 Å². The van der Waals surface area contributed by atoms with Crippen molar-refractivity contribution in [2.24, 2.45) is 0 Å². The molecule has 0 unspecified atom stereocenters. The molecule has 0 saturated carbocycles. The van der Waals surface area contributed by atoms with Gasteiger partial charge in [0.15, 0.2) is 6.61 Å². The molecular formula is C20H26ClN2O2+. The Morgan fingerprint density at radius 1 is 1.20 bits per heavy atom. The lowest BCUT2D eigenvalue weighted by atomic mass is 10.1. The van der Waals surface area contributed by atoms with Crippen molar-refractivity contribution >= 4 is 17.5 Å². The van der Waals surface area contributed by atoms with E-state index in [2.05, 4.69) is 31.5 Å². The fraction of sp³-hybridized carbons (Fsp3) is 0.350. The first-order chi connectivity index (χ1) is 12.0. The summed E-state index contributed by atoms with van der Waals surface area (Å²) in [7, 11) is 4.21. The molecule has 2 aromatic rings. The maximum absolute atomic E-state index is 12.1. The van der Waals surface area contributed by atoms with E-state index in [4.69, 9.17) is 16.3 Å². The van der Waals surface area contributed by atoms with Gasteiger partial charge in [-0.05, 0) is 36.2 Å². The second-order valence-corrected chi connectivity index (χ2v) is 6.90. The number of hydrogen-bond acceptors (Lipinski definition) is 2. The fourth-order valence-corrected chi connectivity index (χ4v) is 2.81. The Balaban J connectivity index is 1.82. The van der Waals surface area contributed by atoms with Gasteiger partial charge in [-0.15, -0.1) is 0 Å². The number of carbonyl (C=O) groups excluding carboxylic acids is 1. The molecule has 0 spiro atoms. The Labute approximate surface area is 154 Å². The minimum atomic E-state index is -0.117. The summed E-state index contributed by atoms with van der Waals surface area (Å²) in [6, 6.07) is 16.0. The molecule has 0 aromatic heterocycles. The van der Waals surface area contributed by atoms with Crippen LogP contribution in [0, 0.1) is 6.92 Å². The minimum absolute atomic E-state index is 0.00327. The van der Waals surface area contributed by atoms with Gasteiger partial charge in [0.1, 0.15) is 11.8 Å². The van der Waals surface area contributed by atoms with Gasteiger partial charge in [-0.25, -0.2) is 0 Å². The first-order valence-electron chi connectivity index (χ1n) is 8.45. The van der Waals surface area contributed by atoms with Crippen molar-refractivity contribution in [1.29, 1.82) is 0 Å². The second kappa shape index (κ2) is 9.44. The zero-order valence-electron chi connectivity index (χ0n) is 15.0. The number of nitrogens with one attached hydrogen (secondary N) is 2. The van der Waals surface area contributed by atoms with E-state index in [0.717, 1.165) is 12.0 Å². The largest absolute Gasteiger partial charge is 0.484 e. The van der Waals surface area contributed by atoms with Crippen LogP contribution in [0.3, 0.4) is 0 Å². The highest BCUT2D eigenvalue weighted by molar-refractivity contribution is 6.30. The van der Waals surface area contributed by atoms with Crippen LogP contribution in [-0.2, 0) is 11.2 Å². The third kappa shape index (κ3) is 6.40. The standard InChI is InChI=1S/C20H25ClN2O2/c1-15-11-17(21)9-10-19(15)25-14-20(24)22-13-18(23(2)3)12-16-7-5-4-6-8-16/h4-11,18H,12-14H2,1-3H3,(H,22,24)/p+1/t18-/m1/s1. The van der Waals surface area contributed by atoms with Gasteiger partial charge in [0, 0.05) is 11.4 Å². The van der Waals surface area contributed by atoms with Crippen LogP contribution in [0.5, 0.6) is 5.75 Å². The Hall–Kier alpha value is -2.04. The number of carbonyl (C=O) groups is 1. The molecule has 0 fully saturated rings. The summed E-state index contributed by atoms with van der Waals surface area (Å²) in [4.78, 5) is 13.4. The molecule has 0 aliphatic carbocycles. The van der Waals surface area contributed by atoms with Crippen LogP contribution in [0.4, 0.5) is 0 Å². The molecule has 0 saturated heterocycles. The van der Waals surface area contributed by atoms with Gasteiger partial charge in [0.05, 0.1) is 20.6 Å². The van der Waals surface area contributed by atoms with Gasteiger partial charge in [0.2, 0.25) is 0 Å². The summed E-state index contributed by atoms with van der Waals surface area (Å²) in [5, 5.41) is 3.63. The van der Waals surface area contributed by atoms with Crippen molar-refractivity contribution in [3.05, 3.63) is 64.7 Å². The van der Waals surface area contributed by atoms with Crippen molar-refractivity contribution in [2.45, 2.75) is 19.4 Å². The van der Waals surface area contributed by atoms with Crippen molar-refractivity contribution in [1.82, 2.24) is 5.32 Å². The number of ether oxygens (including phenoxy) is 1. The third-order valence-corrected chi connectivity index (χ3v) is 4.42. The van der Waals surface area contributed by atoms with Crippen LogP contribution < -0.4 is 15.0 Å². The number of rotatable bonds is 8. The average Bonchev–Trinajstić information content (AvgIpc) is 2.58. The number of aryl methyl sites for hydroxylation is 1. The van der Waals surface area contributed by atoms with Gasteiger partial charge in [0.25, 0.3) is 5.91 Å². The zero-order chi connectivity index (χ0) is 18.2. The van der Waals surface area contributed by atoms with E-state index >= 15 is 0 Å². The van der Waals surface area contributed by atoms with Crippen molar-refractivity contribution < 1.29 is 14.4 Å². The van der Waals surface area contributed by atoms with Gasteiger partial charge < -0.3 is 15.0 Å². The number of amides is 1.